The fraction of sp³-hybridized carbons (Fsp3) is 0.308. The Hall–Kier alpha value is -3.72. The molecule has 4 heterocycles. The molecule has 0 spiro atoms. The zero-order valence-corrected chi connectivity index (χ0v) is 19.9. The van der Waals surface area contributed by atoms with Gasteiger partial charge in [-0.2, -0.15) is 0 Å². The maximum absolute atomic E-state index is 13.1. The highest BCUT2D eigenvalue weighted by atomic mass is 32.1. The van der Waals surface area contributed by atoms with Crippen LogP contribution in [0.2, 0.25) is 0 Å². The molecule has 9 heteroatoms. The van der Waals surface area contributed by atoms with Gasteiger partial charge in [0.25, 0.3) is 5.91 Å². The van der Waals surface area contributed by atoms with Crippen molar-refractivity contribution in [2.24, 2.45) is 0 Å². The third-order valence-electron chi connectivity index (χ3n) is 6.93. The monoisotopic (exact) mass is 487 g/mol. The molecule has 0 aliphatic carbocycles. The molecule has 2 N–H and O–H groups in total. The highest BCUT2D eigenvalue weighted by Gasteiger charge is 2.40. The van der Waals surface area contributed by atoms with Crippen LogP contribution in [0.4, 0.5) is 4.79 Å². The second-order valence-corrected chi connectivity index (χ2v) is 10.3. The van der Waals surface area contributed by atoms with E-state index in [1.807, 2.05) is 48.7 Å². The van der Waals surface area contributed by atoms with E-state index in [-0.39, 0.29) is 24.3 Å². The summed E-state index contributed by atoms with van der Waals surface area (Å²) in [6, 6.07) is 14.7. The summed E-state index contributed by atoms with van der Waals surface area (Å²) >= 11 is 1.67. The van der Waals surface area contributed by atoms with Crippen LogP contribution in [-0.2, 0) is 16.0 Å². The molecule has 4 aromatic rings. The molecule has 6 rings (SSSR count). The summed E-state index contributed by atoms with van der Waals surface area (Å²) in [5.74, 6) is -0.386. The average Bonchev–Trinajstić information content (AvgIpc) is 3.57. The average molecular weight is 488 g/mol. The molecule has 2 aliphatic heterocycles. The van der Waals surface area contributed by atoms with Crippen LogP contribution in [0.5, 0.6) is 0 Å². The number of nitrogens with one attached hydrogen (secondary N) is 2. The number of rotatable bonds is 5. The predicted molar refractivity (Wildman–Crippen MR) is 134 cm³/mol. The number of fused-ring (bicyclic) bond motifs is 2. The fourth-order valence-corrected chi connectivity index (χ4v) is 6.18. The molecular formula is C26H25N5O3S. The maximum Gasteiger partial charge on any atom is 0.325 e. The van der Waals surface area contributed by atoms with Crippen LogP contribution in [0.15, 0.2) is 54.7 Å². The Morgan fingerprint density at radius 3 is 2.83 bits per heavy atom. The van der Waals surface area contributed by atoms with Gasteiger partial charge in [0.2, 0.25) is 5.91 Å². The minimum atomic E-state index is -0.675. The number of likely N-dealkylation sites (tertiary alicyclic amines) is 1. The summed E-state index contributed by atoms with van der Waals surface area (Å²) in [6.45, 7) is 0.950. The fourth-order valence-electron chi connectivity index (χ4n) is 5.09. The number of imide groups is 1. The van der Waals surface area contributed by atoms with Crippen LogP contribution in [0, 0.1) is 0 Å². The first-order valence-electron chi connectivity index (χ1n) is 11.9. The van der Waals surface area contributed by atoms with Gasteiger partial charge in [-0.05, 0) is 36.6 Å². The molecule has 2 atom stereocenters. The number of benzene rings is 2. The van der Waals surface area contributed by atoms with Gasteiger partial charge in [-0.15, -0.1) is 11.3 Å². The lowest BCUT2D eigenvalue weighted by atomic mass is 9.98. The van der Waals surface area contributed by atoms with E-state index in [0.717, 1.165) is 49.4 Å². The minimum Gasteiger partial charge on any atom is -0.361 e. The van der Waals surface area contributed by atoms with Crippen molar-refractivity contribution in [3.8, 4) is 0 Å². The molecule has 35 heavy (non-hydrogen) atoms. The van der Waals surface area contributed by atoms with Crippen molar-refractivity contribution in [2.45, 2.75) is 31.2 Å². The summed E-state index contributed by atoms with van der Waals surface area (Å²) in [6.07, 6.45) is 4.09. The standard InChI is InChI=1S/C26H25N5O3S/c32-23(30-11-5-6-16(14-30)24-28-20-9-3-4-10-22(20)35-24)15-31-25(33)21(29-26(31)34)12-17-13-27-19-8-2-1-7-18(17)19/h1-4,7-10,13,16,21,27H,5-6,11-12,14-15H2,(H,29,34)/t16-,21-/m0/s1. The molecule has 2 fully saturated rings. The van der Waals surface area contributed by atoms with Crippen LogP contribution < -0.4 is 5.32 Å². The van der Waals surface area contributed by atoms with Crippen molar-refractivity contribution < 1.29 is 14.4 Å². The largest absolute Gasteiger partial charge is 0.361 e. The van der Waals surface area contributed by atoms with Gasteiger partial charge in [0.15, 0.2) is 0 Å². The first-order chi connectivity index (χ1) is 17.1. The molecule has 0 bridgehead atoms. The number of hydrogen-bond acceptors (Lipinski definition) is 5. The first kappa shape index (κ1) is 21.8. The number of aromatic nitrogens is 2. The van der Waals surface area contributed by atoms with Crippen LogP contribution in [-0.4, -0.2) is 63.3 Å². The Morgan fingerprint density at radius 2 is 1.94 bits per heavy atom. The van der Waals surface area contributed by atoms with Gasteiger partial charge in [0.1, 0.15) is 12.6 Å². The topological polar surface area (TPSA) is 98.4 Å². The van der Waals surface area contributed by atoms with Gasteiger partial charge < -0.3 is 15.2 Å². The molecular weight excluding hydrogens is 462 g/mol. The summed E-state index contributed by atoms with van der Waals surface area (Å²) in [5.41, 5.74) is 2.93. The zero-order chi connectivity index (χ0) is 23.9. The summed E-state index contributed by atoms with van der Waals surface area (Å²) in [4.78, 5) is 49.6. The number of urea groups is 1. The maximum atomic E-state index is 13.1. The van der Waals surface area contributed by atoms with Crippen molar-refractivity contribution >= 4 is 50.3 Å². The molecule has 0 radical (unpaired) electrons. The zero-order valence-electron chi connectivity index (χ0n) is 19.1. The second-order valence-electron chi connectivity index (χ2n) is 9.19. The smallest absolute Gasteiger partial charge is 0.325 e. The number of carbonyl (C=O) groups is 3. The Morgan fingerprint density at radius 1 is 1.11 bits per heavy atom. The molecule has 178 valence electrons. The van der Waals surface area contributed by atoms with E-state index in [1.54, 1.807) is 16.2 Å². The highest BCUT2D eigenvalue weighted by Crippen LogP contribution is 2.33. The predicted octanol–water partition coefficient (Wildman–Crippen LogP) is 3.65. The number of H-pyrrole nitrogens is 1. The highest BCUT2D eigenvalue weighted by molar-refractivity contribution is 7.18. The Bertz CT molecular complexity index is 1410. The third kappa shape index (κ3) is 4.05. The van der Waals surface area contributed by atoms with E-state index < -0.39 is 12.1 Å². The first-order valence-corrected chi connectivity index (χ1v) is 12.7. The van der Waals surface area contributed by atoms with Crippen LogP contribution >= 0.6 is 11.3 Å². The Labute approximate surface area is 205 Å². The van der Waals surface area contributed by atoms with Crippen molar-refractivity contribution in [1.29, 1.82) is 0 Å². The van der Waals surface area contributed by atoms with Gasteiger partial charge in [0.05, 0.1) is 15.2 Å². The van der Waals surface area contributed by atoms with Crippen molar-refractivity contribution in [3.05, 3.63) is 65.3 Å². The van der Waals surface area contributed by atoms with Gasteiger partial charge in [0, 0.05) is 42.5 Å². The number of nitrogens with zero attached hydrogens (tertiary/aromatic N) is 3. The SMILES string of the molecule is O=C(CN1C(=O)N[C@@H](Cc2c[nH]c3ccccc23)C1=O)N1CCC[C@H](c2nc3ccccc3s2)C1. The molecule has 0 unspecified atom stereocenters. The van der Waals surface area contributed by atoms with Crippen molar-refractivity contribution in [2.75, 3.05) is 19.6 Å². The summed E-state index contributed by atoms with van der Waals surface area (Å²) < 4.78 is 1.14. The third-order valence-corrected chi connectivity index (χ3v) is 8.13. The number of thiazole rings is 1. The lowest BCUT2D eigenvalue weighted by molar-refractivity contribution is -0.138. The van der Waals surface area contributed by atoms with Gasteiger partial charge >= 0.3 is 6.03 Å². The summed E-state index contributed by atoms with van der Waals surface area (Å²) in [7, 11) is 0. The van der Waals surface area contributed by atoms with E-state index in [9.17, 15) is 14.4 Å². The molecule has 8 nitrogen and oxygen atoms in total. The van der Waals surface area contributed by atoms with Gasteiger partial charge in [-0.1, -0.05) is 30.3 Å². The number of aromatic amines is 1. The van der Waals surface area contributed by atoms with E-state index in [2.05, 4.69) is 16.4 Å². The van der Waals surface area contributed by atoms with E-state index in [0.29, 0.717) is 19.5 Å². The number of hydrogen-bond donors (Lipinski definition) is 2. The van der Waals surface area contributed by atoms with Crippen molar-refractivity contribution in [1.82, 2.24) is 25.1 Å². The number of carbonyl (C=O) groups excluding carboxylic acids is 3. The molecule has 2 aromatic carbocycles. The number of amides is 4. The lowest BCUT2D eigenvalue weighted by Crippen LogP contribution is -2.46. The molecule has 2 aromatic heterocycles. The number of piperidine rings is 1. The van der Waals surface area contributed by atoms with Gasteiger partial charge in [-0.3, -0.25) is 14.5 Å². The number of para-hydroxylation sites is 2. The minimum absolute atomic E-state index is 0.169. The molecule has 0 saturated carbocycles. The molecule has 2 saturated heterocycles. The molecule has 4 amide bonds. The lowest BCUT2D eigenvalue weighted by Gasteiger charge is -2.32. The van der Waals surface area contributed by atoms with Crippen LogP contribution in [0.3, 0.4) is 0 Å². The van der Waals surface area contributed by atoms with Gasteiger partial charge in [-0.25, -0.2) is 9.78 Å². The Balaban J connectivity index is 1.12. The Kier molecular flexibility index (Phi) is 5.49. The van der Waals surface area contributed by atoms with E-state index >= 15 is 0 Å². The summed E-state index contributed by atoms with van der Waals surface area (Å²) in [5, 5.41) is 4.82. The van der Waals surface area contributed by atoms with E-state index in [1.165, 1.54) is 0 Å². The second kappa shape index (κ2) is 8.81. The van der Waals surface area contributed by atoms with E-state index in [4.69, 9.17) is 4.98 Å². The van der Waals surface area contributed by atoms with Crippen molar-refractivity contribution in [3.63, 3.8) is 0 Å². The van der Waals surface area contributed by atoms with Crippen LogP contribution in [0.1, 0.15) is 29.3 Å². The quantitative estimate of drug-likeness (QED) is 0.420. The normalized spacial score (nSPS) is 20.7. The van der Waals surface area contributed by atoms with Crippen LogP contribution in [0.25, 0.3) is 21.1 Å². The molecule has 2 aliphatic rings.